The zero-order valence-corrected chi connectivity index (χ0v) is 15.9. The van der Waals surface area contributed by atoms with Crippen LogP contribution >= 0.6 is 0 Å². The lowest BCUT2D eigenvalue weighted by Gasteiger charge is -2.08. The molecule has 0 radical (unpaired) electrons. The van der Waals surface area contributed by atoms with Crippen LogP contribution in [0.15, 0.2) is 48.8 Å². The van der Waals surface area contributed by atoms with Crippen molar-refractivity contribution in [3.63, 3.8) is 0 Å². The molecule has 6 heteroatoms. The van der Waals surface area contributed by atoms with Gasteiger partial charge in [-0.3, -0.25) is 9.78 Å². The van der Waals surface area contributed by atoms with Crippen molar-refractivity contribution in [2.24, 2.45) is 0 Å². The monoisotopic (exact) mass is 363 g/mol. The zero-order valence-electron chi connectivity index (χ0n) is 15.9. The molecule has 0 aliphatic rings. The Morgan fingerprint density at radius 3 is 2.41 bits per heavy atom. The average molecular weight is 363 g/mol. The Labute approximate surface area is 159 Å². The zero-order chi connectivity index (χ0) is 19.1. The van der Waals surface area contributed by atoms with Crippen molar-refractivity contribution in [3.8, 4) is 11.4 Å². The molecule has 3 rings (SSSR count). The van der Waals surface area contributed by atoms with E-state index < -0.39 is 0 Å². The molecule has 2 heterocycles. The molecule has 27 heavy (non-hydrogen) atoms. The number of rotatable bonds is 8. The number of aryl methyl sites for hydroxylation is 2. The van der Waals surface area contributed by atoms with Crippen molar-refractivity contribution < 1.29 is 4.79 Å². The van der Waals surface area contributed by atoms with Crippen LogP contribution in [-0.2, 0) is 24.2 Å². The molecule has 0 saturated heterocycles. The summed E-state index contributed by atoms with van der Waals surface area (Å²) in [5.74, 6) is 1.61. The van der Waals surface area contributed by atoms with Crippen LogP contribution in [0.3, 0.4) is 0 Å². The quantitative estimate of drug-likeness (QED) is 0.659. The van der Waals surface area contributed by atoms with Gasteiger partial charge in [0.05, 0.1) is 0 Å². The summed E-state index contributed by atoms with van der Waals surface area (Å²) >= 11 is 0. The van der Waals surface area contributed by atoms with Crippen LogP contribution in [0.25, 0.3) is 11.4 Å². The third-order valence-electron chi connectivity index (χ3n) is 4.43. The number of hydrogen-bond acceptors (Lipinski definition) is 4. The molecule has 0 fully saturated rings. The predicted octanol–water partition coefficient (Wildman–Crippen LogP) is 3.88. The lowest BCUT2D eigenvalue weighted by atomic mass is 10.1. The van der Waals surface area contributed by atoms with Gasteiger partial charge in [0.15, 0.2) is 5.82 Å². The molecule has 0 aliphatic carbocycles. The molecule has 0 saturated carbocycles. The lowest BCUT2D eigenvalue weighted by Crippen LogP contribution is -2.14. The van der Waals surface area contributed by atoms with Crippen molar-refractivity contribution in [3.05, 3.63) is 60.2 Å². The van der Waals surface area contributed by atoms with Crippen LogP contribution in [-0.4, -0.2) is 25.7 Å². The first-order chi connectivity index (χ1) is 13.2. The first-order valence-electron chi connectivity index (χ1n) is 9.42. The Balaban J connectivity index is 1.61. The first-order valence-corrected chi connectivity index (χ1v) is 9.42. The van der Waals surface area contributed by atoms with Gasteiger partial charge in [0.2, 0.25) is 5.91 Å². The van der Waals surface area contributed by atoms with Gasteiger partial charge in [-0.25, -0.2) is 0 Å². The van der Waals surface area contributed by atoms with Crippen LogP contribution in [0.5, 0.6) is 0 Å². The fourth-order valence-electron chi connectivity index (χ4n) is 3.06. The summed E-state index contributed by atoms with van der Waals surface area (Å²) in [5, 5.41) is 11.5. The van der Waals surface area contributed by atoms with E-state index in [4.69, 9.17) is 0 Å². The van der Waals surface area contributed by atoms with Gasteiger partial charge < -0.3 is 9.88 Å². The van der Waals surface area contributed by atoms with E-state index >= 15 is 0 Å². The molecule has 1 N–H and O–H groups in total. The second kappa shape index (κ2) is 9.07. The summed E-state index contributed by atoms with van der Waals surface area (Å²) in [7, 11) is 0. The standard InChI is InChI=1S/C21H25N5O/c1-3-5-16-6-8-18(9-7-16)23-20(27)11-10-19-24-25-21(26(19)4-2)17-12-14-22-15-13-17/h6-9,12-15H,3-5,10-11H2,1-2H3,(H,23,27). The SMILES string of the molecule is CCCc1ccc(NC(=O)CCc2nnc(-c3ccncc3)n2CC)cc1. The molecule has 6 nitrogen and oxygen atoms in total. The fourth-order valence-corrected chi connectivity index (χ4v) is 3.06. The van der Waals surface area contributed by atoms with Crippen LogP contribution in [0, 0.1) is 0 Å². The van der Waals surface area contributed by atoms with Gasteiger partial charge in [-0.2, -0.15) is 0 Å². The molecule has 1 amide bonds. The minimum atomic E-state index is -0.0191. The molecule has 0 aliphatic heterocycles. The lowest BCUT2D eigenvalue weighted by molar-refractivity contribution is -0.116. The van der Waals surface area contributed by atoms with Crippen LogP contribution in [0.4, 0.5) is 5.69 Å². The van der Waals surface area contributed by atoms with E-state index in [1.165, 1.54) is 5.56 Å². The summed E-state index contributed by atoms with van der Waals surface area (Å²) < 4.78 is 2.04. The molecule has 0 bridgehead atoms. The Hall–Kier alpha value is -3.02. The Bertz CT molecular complexity index is 871. The van der Waals surface area contributed by atoms with Crippen molar-refractivity contribution in [2.45, 2.75) is 46.1 Å². The first kappa shape index (κ1) is 18.8. The van der Waals surface area contributed by atoms with Crippen molar-refractivity contribution in [1.82, 2.24) is 19.7 Å². The number of hydrogen-bond donors (Lipinski definition) is 1. The maximum absolute atomic E-state index is 12.3. The summed E-state index contributed by atoms with van der Waals surface area (Å²) in [6.45, 7) is 4.96. The van der Waals surface area contributed by atoms with Crippen LogP contribution in [0.1, 0.15) is 38.1 Å². The summed E-state index contributed by atoms with van der Waals surface area (Å²) in [4.78, 5) is 16.3. The number of amides is 1. The second-order valence-electron chi connectivity index (χ2n) is 6.42. The molecule has 2 aromatic heterocycles. The van der Waals surface area contributed by atoms with Gasteiger partial charge in [0.25, 0.3) is 0 Å². The number of aromatic nitrogens is 4. The van der Waals surface area contributed by atoms with E-state index in [1.54, 1.807) is 12.4 Å². The van der Waals surface area contributed by atoms with E-state index in [2.05, 4.69) is 46.5 Å². The van der Waals surface area contributed by atoms with Crippen LogP contribution in [0.2, 0.25) is 0 Å². The number of nitrogens with zero attached hydrogens (tertiary/aromatic N) is 4. The number of carbonyl (C=O) groups is 1. The number of nitrogens with one attached hydrogen (secondary N) is 1. The molecule has 0 spiro atoms. The molecular formula is C21H25N5O. The molecule has 0 unspecified atom stereocenters. The van der Waals surface area contributed by atoms with Gasteiger partial charge in [0.1, 0.15) is 5.82 Å². The molecule has 0 atom stereocenters. The Morgan fingerprint density at radius 2 is 1.74 bits per heavy atom. The molecule has 140 valence electrons. The van der Waals surface area contributed by atoms with Crippen LogP contribution < -0.4 is 5.32 Å². The van der Waals surface area contributed by atoms with E-state index in [-0.39, 0.29) is 5.91 Å². The summed E-state index contributed by atoms with van der Waals surface area (Å²) in [6.07, 6.45) is 6.56. The third-order valence-corrected chi connectivity index (χ3v) is 4.43. The van der Waals surface area contributed by atoms with Crippen molar-refractivity contribution in [2.75, 3.05) is 5.32 Å². The highest BCUT2D eigenvalue weighted by Crippen LogP contribution is 2.18. The summed E-state index contributed by atoms with van der Waals surface area (Å²) in [5.41, 5.74) is 3.09. The number of anilines is 1. The van der Waals surface area contributed by atoms with Gasteiger partial charge >= 0.3 is 0 Å². The topological polar surface area (TPSA) is 72.7 Å². The largest absolute Gasteiger partial charge is 0.326 e. The third kappa shape index (κ3) is 4.78. The maximum atomic E-state index is 12.3. The van der Waals surface area contributed by atoms with Crippen molar-refractivity contribution in [1.29, 1.82) is 0 Å². The van der Waals surface area contributed by atoms with Gasteiger partial charge in [-0.05, 0) is 43.2 Å². The second-order valence-corrected chi connectivity index (χ2v) is 6.42. The Morgan fingerprint density at radius 1 is 1.00 bits per heavy atom. The number of pyridine rings is 1. The highest BCUT2D eigenvalue weighted by atomic mass is 16.1. The molecular weight excluding hydrogens is 338 g/mol. The van der Waals surface area contributed by atoms with Crippen molar-refractivity contribution >= 4 is 11.6 Å². The number of benzene rings is 1. The minimum Gasteiger partial charge on any atom is -0.326 e. The average Bonchev–Trinajstić information content (AvgIpc) is 3.12. The highest BCUT2D eigenvalue weighted by Gasteiger charge is 2.14. The summed E-state index contributed by atoms with van der Waals surface area (Å²) in [6, 6.07) is 11.9. The normalized spacial score (nSPS) is 10.7. The predicted molar refractivity (Wildman–Crippen MR) is 106 cm³/mol. The van der Waals surface area contributed by atoms with Gasteiger partial charge in [0, 0.05) is 43.0 Å². The van der Waals surface area contributed by atoms with Gasteiger partial charge in [-0.1, -0.05) is 25.5 Å². The van der Waals surface area contributed by atoms with E-state index in [9.17, 15) is 4.79 Å². The van der Waals surface area contributed by atoms with Gasteiger partial charge in [-0.15, -0.1) is 10.2 Å². The van der Waals surface area contributed by atoms with E-state index in [0.29, 0.717) is 12.8 Å². The fraction of sp³-hybridized carbons (Fsp3) is 0.333. The highest BCUT2D eigenvalue weighted by molar-refractivity contribution is 5.90. The molecule has 3 aromatic rings. The van der Waals surface area contributed by atoms with E-state index in [1.807, 2.05) is 28.8 Å². The maximum Gasteiger partial charge on any atom is 0.224 e. The van der Waals surface area contributed by atoms with E-state index in [0.717, 1.165) is 42.3 Å². The number of carbonyl (C=O) groups excluding carboxylic acids is 1. The molecule has 1 aromatic carbocycles. The Kier molecular flexibility index (Phi) is 6.30. The smallest absolute Gasteiger partial charge is 0.224 e. The minimum absolute atomic E-state index is 0.0191.